The number of hydrogen-bond donors (Lipinski definition) is 0. The third-order valence-electron chi connectivity index (χ3n) is 2.84. The number of halogens is 3. The molecular weight excluding hydrogens is 241 g/mol. The molecule has 0 aliphatic carbocycles. The predicted octanol–water partition coefficient (Wildman–Crippen LogP) is 2.04. The summed E-state index contributed by atoms with van der Waals surface area (Å²) in [6.07, 6.45) is 3.04. The molecule has 0 atom stereocenters. The summed E-state index contributed by atoms with van der Waals surface area (Å²) >= 11 is 0. The molecule has 97 valence electrons. The highest BCUT2D eigenvalue weighted by Gasteiger charge is 2.10. The third kappa shape index (κ3) is 3.34. The van der Waals surface area contributed by atoms with Crippen molar-refractivity contribution in [3.63, 3.8) is 0 Å². The SMILES string of the molecule is Fc1cc(F)c(/C=C/CN2CC[N]CC2)c(F)c1. The van der Waals surface area contributed by atoms with Crippen LogP contribution < -0.4 is 5.32 Å². The van der Waals surface area contributed by atoms with E-state index in [0.29, 0.717) is 18.7 Å². The van der Waals surface area contributed by atoms with Crippen molar-refractivity contribution >= 4 is 6.08 Å². The molecule has 1 radical (unpaired) electrons. The maximum absolute atomic E-state index is 13.3. The van der Waals surface area contributed by atoms with Crippen LogP contribution in [0.2, 0.25) is 0 Å². The average molecular weight is 255 g/mol. The molecule has 1 fully saturated rings. The number of nitrogens with zero attached hydrogens (tertiary/aromatic N) is 2. The number of rotatable bonds is 3. The van der Waals surface area contributed by atoms with Crippen molar-refractivity contribution in [3.8, 4) is 0 Å². The van der Waals surface area contributed by atoms with Crippen LogP contribution in [0.15, 0.2) is 18.2 Å². The summed E-state index contributed by atoms with van der Waals surface area (Å²) in [6, 6.07) is 1.37. The molecule has 0 unspecified atom stereocenters. The van der Waals surface area contributed by atoms with Gasteiger partial charge in [0.15, 0.2) is 0 Å². The first-order valence-corrected chi connectivity index (χ1v) is 5.83. The smallest absolute Gasteiger partial charge is 0.136 e. The molecule has 5 heteroatoms. The maximum atomic E-state index is 13.3. The van der Waals surface area contributed by atoms with E-state index in [0.717, 1.165) is 26.2 Å². The molecule has 0 spiro atoms. The molecule has 2 rings (SSSR count). The quantitative estimate of drug-likeness (QED) is 0.808. The van der Waals surface area contributed by atoms with Gasteiger partial charge < -0.3 is 0 Å². The van der Waals surface area contributed by atoms with Crippen molar-refractivity contribution in [2.24, 2.45) is 0 Å². The number of hydrogen-bond acceptors (Lipinski definition) is 1. The van der Waals surface area contributed by atoms with Crippen molar-refractivity contribution in [2.75, 3.05) is 32.7 Å². The van der Waals surface area contributed by atoms with E-state index in [9.17, 15) is 13.2 Å². The lowest BCUT2D eigenvalue weighted by Gasteiger charge is -2.24. The molecule has 2 nitrogen and oxygen atoms in total. The van der Waals surface area contributed by atoms with E-state index in [4.69, 9.17) is 0 Å². The Morgan fingerprint density at radius 3 is 2.33 bits per heavy atom. The van der Waals surface area contributed by atoms with E-state index in [1.807, 2.05) is 0 Å². The van der Waals surface area contributed by atoms with Crippen LogP contribution in [0.25, 0.3) is 6.08 Å². The summed E-state index contributed by atoms with van der Waals surface area (Å²) in [6.45, 7) is 3.93. The summed E-state index contributed by atoms with van der Waals surface area (Å²) in [5.41, 5.74) is -0.196. The van der Waals surface area contributed by atoms with Gasteiger partial charge in [0.25, 0.3) is 0 Å². The van der Waals surface area contributed by atoms with E-state index in [1.165, 1.54) is 6.08 Å². The fourth-order valence-electron chi connectivity index (χ4n) is 1.86. The standard InChI is InChI=1S/C13H14F3N2/c14-10-8-12(15)11(13(16)9-10)2-1-5-18-6-3-17-4-7-18/h1-2,8-9H,3-7H2/b2-1+. The zero-order valence-corrected chi connectivity index (χ0v) is 9.87. The second-order valence-electron chi connectivity index (χ2n) is 4.16. The summed E-state index contributed by atoms with van der Waals surface area (Å²) in [7, 11) is 0. The monoisotopic (exact) mass is 255 g/mol. The highest BCUT2D eigenvalue weighted by molar-refractivity contribution is 5.51. The van der Waals surface area contributed by atoms with Gasteiger partial charge in [0.05, 0.1) is 0 Å². The first-order chi connectivity index (χ1) is 8.66. The molecule has 1 aliphatic rings. The first-order valence-electron chi connectivity index (χ1n) is 5.83. The van der Waals surface area contributed by atoms with Gasteiger partial charge in [-0.05, 0) is 0 Å². The summed E-state index contributed by atoms with van der Waals surface area (Å²) in [5, 5.41) is 4.20. The second kappa shape index (κ2) is 6.02. The second-order valence-corrected chi connectivity index (χ2v) is 4.16. The van der Waals surface area contributed by atoms with Crippen molar-refractivity contribution < 1.29 is 13.2 Å². The van der Waals surface area contributed by atoms with Crippen molar-refractivity contribution in [1.82, 2.24) is 10.2 Å². The Hall–Kier alpha value is -1.33. The van der Waals surface area contributed by atoms with E-state index >= 15 is 0 Å². The minimum atomic E-state index is -0.903. The zero-order chi connectivity index (χ0) is 13.0. The van der Waals surface area contributed by atoms with E-state index in [1.54, 1.807) is 6.08 Å². The molecule has 0 bridgehead atoms. The molecule has 1 aromatic rings. The van der Waals surface area contributed by atoms with Crippen LogP contribution >= 0.6 is 0 Å². The molecule has 1 aliphatic heterocycles. The summed E-state index contributed by atoms with van der Waals surface area (Å²) in [4.78, 5) is 2.14. The Morgan fingerprint density at radius 1 is 1.11 bits per heavy atom. The highest BCUT2D eigenvalue weighted by Crippen LogP contribution is 2.16. The molecule has 1 heterocycles. The van der Waals surface area contributed by atoms with Gasteiger partial charge in [-0.2, -0.15) is 0 Å². The maximum Gasteiger partial charge on any atom is 0.136 e. The molecule has 1 saturated heterocycles. The van der Waals surface area contributed by atoms with Gasteiger partial charge in [-0.25, -0.2) is 18.5 Å². The normalized spacial score (nSPS) is 17.5. The minimum absolute atomic E-state index is 0.196. The van der Waals surface area contributed by atoms with E-state index in [-0.39, 0.29) is 5.56 Å². The van der Waals surface area contributed by atoms with E-state index in [2.05, 4.69) is 10.2 Å². The Morgan fingerprint density at radius 2 is 1.72 bits per heavy atom. The topological polar surface area (TPSA) is 17.3 Å². The van der Waals surface area contributed by atoms with Gasteiger partial charge in [0, 0.05) is 50.4 Å². The van der Waals surface area contributed by atoms with E-state index < -0.39 is 17.5 Å². The van der Waals surface area contributed by atoms with Crippen LogP contribution in [-0.2, 0) is 0 Å². The fourth-order valence-corrected chi connectivity index (χ4v) is 1.86. The molecule has 1 aromatic carbocycles. The van der Waals surface area contributed by atoms with Gasteiger partial charge in [0.2, 0.25) is 0 Å². The summed E-state index contributed by atoms with van der Waals surface area (Å²) in [5.74, 6) is -2.66. The van der Waals surface area contributed by atoms with Crippen molar-refractivity contribution in [1.29, 1.82) is 0 Å². The van der Waals surface area contributed by atoms with Crippen LogP contribution in [0.3, 0.4) is 0 Å². The molecule has 18 heavy (non-hydrogen) atoms. The molecular formula is C13H14F3N2. The fraction of sp³-hybridized carbons (Fsp3) is 0.385. The lowest BCUT2D eigenvalue weighted by Crippen LogP contribution is -2.40. The van der Waals surface area contributed by atoms with Gasteiger partial charge in [-0.1, -0.05) is 12.2 Å². The van der Waals surface area contributed by atoms with Crippen LogP contribution in [0.4, 0.5) is 13.2 Å². The molecule has 0 aromatic heterocycles. The van der Waals surface area contributed by atoms with Crippen LogP contribution in [0, 0.1) is 17.5 Å². The van der Waals surface area contributed by atoms with Gasteiger partial charge in [-0.15, -0.1) is 0 Å². The minimum Gasteiger partial charge on any atom is -0.297 e. The zero-order valence-electron chi connectivity index (χ0n) is 9.87. The average Bonchev–Trinajstić information content (AvgIpc) is 2.34. The van der Waals surface area contributed by atoms with Gasteiger partial charge >= 0.3 is 0 Å². The summed E-state index contributed by atoms with van der Waals surface area (Å²) < 4.78 is 39.3. The lowest BCUT2D eigenvalue weighted by atomic mass is 10.1. The molecule has 0 amide bonds. The van der Waals surface area contributed by atoms with Crippen LogP contribution in [0.5, 0.6) is 0 Å². The van der Waals surface area contributed by atoms with Gasteiger partial charge in [-0.3, -0.25) is 4.90 Å². The first kappa shape index (κ1) is 13.1. The molecule has 0 N–H and O–H groups in total. The predicted molar refractivity (Wildman–Crippen MR) is 63.7 cm³/mol. The lowest BCUT2D eigenvalue weighted by molar-refractivity contribution is 0.262. The number of piperazine rings is 1. The Labute approximate surface area is 104 Å². The molecule has 0 saturated carbocycles. The largest absolute Gasteiger partial charge is 0.297 e. The van der Waals surface area contributed by atoms with Gasteiger partial charge in [0.1, 0.15) is 17.5 Å². The Kier molecular flexibility index (Phi) is 4.38. The Bertz CT molecular complexity index is 417. The highest BCUT2D eigenvalue weighted by atomic mass is 19.1. The van der Waals surface area contributed by atoms with Crippen LogP contribution in [-0.4, -0.2) is 37.6 Å². The van der Waals surface area contributed by atoms with Crippen LogP contribution in [0.1, 0.15) is 5.56 Å². The van der Waals surface area contributed by atoms with Crippen molar-refractivity contribution in [2.45, 2.75) is 0 Å². The number of benzene rings is 1. The Balaban J connectivity index is 2.00. The third-order valence-corrected chi connectivity index (χ3v) is 2.84. The van der Waals surface area contributed by atoms with Crippen molar-refractivity contribution in [3.05, 3.63) is 41.2 Å².